The number of hydrogen-bond donors (Lipinski definition) is 1. The first-order chi connectivity index (χ1) is 15.5. The van der Waals surface area contributed by atoms with Gasteiger partial charge in [-0.05, 0) is 61.3 Å². The molecule has 3 rings (SSSR count). The van der Waals surface area contributed by atoms with Crippen molar-refractivity contribution in [2.24, 2.45) is 0 Å². The molecule has 1 aliphatic carbocycles. The van der Waals surface area contributed by atoms with Crippen molar-refractivity contribution in [3.8, 4) is 0 Å². The zero-order valence-electron chi connectivity index (χ0n) is 19.9. The topological polar surface area (TPSA) is 49.4 Å². The Morgan fingerprint density at radius 3 is 2.28 bits per heavy atom. The van der Waals surface area contributed by atoms with Crippen LogP contribution in [0.3, 0.4) is 0 Å². The molecule has 2 aromatic rings. The molecule has 0 aliphatic heterocycles. The minimum atomic E-state index is -0.440. The number of rotatable bonds is 10. The fraction of sp³-hybridized carbons (Fsp3) is 0.500. The summed E-state index contributed by atoms with van der Waals surface area (Å²) in [5.74, 6) is 0.0369. The van der Waals surface area contributed by atoms with E-state index in [-0.39, 0.29) is 17.9 Å². The van der Waals surface area contributed by atoms with Crippen LogP contribution >= 0.6 is 0 Å². The van der Waals surface area contributed by atoms with Crippen LogP contribution in [-0.2, 0) is 29.0 Å². The van der Waals surface area contributed by atoms with E-state index in [4.69, 9.17) is 0 Å². The first-order valence-corrected chi connectivity index (χ1v) is 12.2. The Bertz CT molecular complexity index is 885. The van der Waals surface area contributed by atoms with Gasteiger partial charge in [0.25, 0.3) is 0 Å². The quantitative estimate of drug-likeness (QED) is 0.547. The molecule has 1 aliphatic rings. The molecule has 4 nitrogen and oxygen atoms in total. The first kappa shape index (κ1) is 24.0. The molecule has 0 unspecified atom stereocenters. The van der Waals surface area contributed by atoms with Crippen LogP contribution in [0.15, 0.2) is 48.5 Å². The first-order valence-electron chi connectivity index (χ1n) is 12.2. The lowest BCUT2D eigenvalue weighted by Gasteiger charge is -2.32. The van der Waals surface area contributed by atoms with E-state index in [0.717, 1.165) is 36.0 Å². The average Bonchev–Trinajstić information content (AvgIpc) is 3.32. The number of carbonyl (C=O) groups is 2. The highest BCUT2D eigenvalue weighted by Gasteiger charge is 2.30. The van der Waals surface area contributed by atoms with E-state index in [0.29, 0.717) is 25.8 Å². The SMILES string of the molecule is CCc1ccc(CCC(=O)N(Cc2ccccc2C)[C@@H](CC)C(=O)NC2CCCC2)cc1. The van der Waals surface area contributed by atoms with Crippen LogP contribution < -0.4 is 5.32 Å². The van der Waals surface area contributed by atoms with Gasteiger partial charge in [-0.25, -0.2) is 0 Å². The lowest BCUT2D eigenvalue weighted by molar-refractivity contribution is -0.141. The van der Waals surface area contributed by atoms with Gasteiger partial charge in [-0.1, -0.05) is 75.2 Å². The highest BCUT2D eigenvalue weighted by molar-refractivity contribution is 5.88. The number of amides is 2. The summed E-state index contributed by atoms with van der Waals surface area (Å²) in [5, 5.41) is 3.22. The van der Waals surface area contributed by atoms with E-state index < -0.39 is 6.04 Å². The Labute approximate surface area is 193 Å². The normalized spacial score (nSPS) is 14.8. The lowest BCUT2D eigenvalue weighted by Crippen LogP contribution is -2.51. The van der Waals surface area contributed by atoms with Crippen molar-refractivity contribution in [3.05, 3.63) is 70.8 Å². The van der Waals surface area contributed by atoms with E-state index in [1.54, 1.807) is 0 Å². The molecule has 32 heavy (non-hydrogen) atoms. The Balaban J connectivity index is 1.75. The van der Waals surface area contributed by atoms with Gasteiger partial charge in [0.15, 0.2) is 0 Å². The van der Waals surface area contributed by atoms with Crippen molar-refractivity contribution in [1.82, 2.24) is 10.2 Å². The van der Waals surface area contributed by atoms with Crippen molar-refractivity contribution in [2.45, 2.75) is 90.8 Å². The molecule has 0 aromatic heterocycles. The molecular weight excluding hydrogens is 396 g/mol. The maximum Gasteiger partial charge on any atom is 0.243 e. The van der Waals surface area contributed by atoms with Gasteiger partial charge in [0.1, 0.15) is 6.04 Å². The van der Waals surface area contributed by atoms with E-state index >= 15 is 0 Å². The van der Waals surface area contributed by atoms with Crippen LogP contribution in [0.4, 0.5) is 0 Å². The van der Waals surface area contributed by atoms with Crippen molar-refractivity contribution in [2.75, 3.05) is 0 Å². The van der Waals surface area contributed by atoms with Gasteiger partial charge in [0, 0.05) is 19.0 Å². The number of carbonyl (C=O) groups excluding carboxylic acids is 2. The molecule has 172 valence electrons. The molecule has 2 amide bonds. The largest absolute Gasteiger partial charge is 0.352 e. The van der Waals surface area contributed by atoms with Crippen LogP contribution in [0, 0.1) is 6.92 Å². The number of aryl methyl sites for hydroxylation is 3. The monoisotopic (exact) mass is 434 g/mol. The summed E-state index contributed by atoms with van der Waals surface area (Å²) < 4.78 is 0. The lowest BCUT2D eigenvalue weighted by atomic mass is 10.0. The van der Waals surface area contributed by atoms with E-state index in [9.17, 15) is 9.59 Å². The zero-order chi connectivity index (χ0) is 22.9. The summed E-state index contributed by atoms with van der Waals surface area (Å²) in [6.07, 6.45) is 7.15. The van der Waals surface area contributed by atoms with Crippen molar-refractivity contribution in [3.63, 3.8) is 0 Å². The van der Waals surface area contributed by atoms with Crippen LogP contribution in [-0.4, -0.2) is 28.8 Å². The Morgan fingerprint density at radius 1 is 1.00 bits per heavy atom. The molecule has 1 fully saturated rings. The Morgan fingerprint density at radius 2 is 1.66 bits per heavy atom. The molecule has 0 spiro atoms. The van der Waals surface area contributed by atoms with Crippen molar-refractivity contribution < 1.29 is 9.59 Å². The number of nitrogens with one attached hydrogen (secondary N) is 1. The molecule has 1 saturated carbocycles. The molecular formula is C28H38N2O2. The third kappa shape index (κ3) is 6.44. The molecule has 1 atom stereocenters. The van der Waals surface area contributed by atoms with Crippen LogP contribution in [0.5, 0.6) is 0 Å². The average molecular weight is 435 g/mol. The van der Waals surface area contributed by atoms with Gasteiger partial charge in [-0.2, -0.15) is 0 Å². The summed E-state index contributed by atoms with van der Waals surface area (Å²) >= 11 is 0. The highest BCUT2D eigenvalue weighted by atomic mass is 16.2. The van der Waals surface area contributed by atoms with Gasteiger partial charge in [0.05, 0.1) is 0 Å². The number of nitrogens with zero attached hydrogens (tertiary/aromatic N) is 1. The fourth-order valence-corrected chi connectivity index (χ4v) is 4.59. The maximum absolute atomic E-state index is 13.4. The molecule has 4 heteroatoms. The molecule has 1 N–H and O–H groups in total. The molecule has 0 radical (unpaired) electrons. The second-order valence-electron chi connectivity index (χ2n) is 9.03. The summed E-state index contributed by atoms with van der Waals surface area (Å²) in [5.41, 5.74) is 4.71. The minimum absolute atomic E-state index is 0.00590. The summed E-state index contributed by atoms with van der Waals surface area (Å²) in [4.78, 5) is 28.4. The highest BCUT2D eigenvalue weighted by Crippen LogP contribution is 2.21. The van der Waals surface area contributed by atoms with Gasteiger partial charge < -0.3 is 10.2 Å². The van der Waals surface area contributed by atoms with Crippen molar-refractivity contribution >= 4 is 11.8 Å². The van der Waals surface area contributed by atoms with E-state index in [2.05, 4.69) is 55.6 Å². The minimum Gasteiger partial charge on any atom is -0.352 e. The number of benzene rings is 2. The number of hydrogen-bond acceptors (Lipinski definition) is 2. The standard InChI is InChI=1S/C28H38N2O2/c1-4-22-14-16-23(17-15-22)18-19-27(31)30(20-24-11-7-6-10-21(24)3)26(5-2)28(32)29-25-12-8-9-13-25/h6-7,10-11,14-17,25-26H,4-5,8-9,12-13,18-20H2,1-3H3,(H,29,32)/t26-/m0/s1. The fourth-order valence-electron chi connectivity index (χ4n) is 4.59. The summed E-state index contributed by atoms with van der Waals surface area (Å²) in [6, 6.07) is 16.4. The predicted octanol–water partition coefficient (Wildman–Crippen LogP) is 5.36. The second kappa shape index (κ2) is 11.8. The smallest absolute Gasteiger partial charge is 0.243 e. The molecule has 0 heterocycles. The van der Waals surface area contributed by atoms with Gasteiger partial charge in [0.2, 0.25) is 11.8 Å². The molecule has 2 aromatic carbocycles. The molecule has 0 saturated heterocycles. The third-order valence-electron chi connectivity index (χ3n) is 6.75. The van der Waals surface area contributed by atoms with Crippen LogP contribution in [0.1, 0.15) is 74.6 Å². The second-order valence-corrected chi connectivity index (χ2v) is 9.03. The Hall–Kier alpha value is -2.62. The van der Waals surface area contributed by atoms with E-state index in [1.807, 2.05) is 24.0 Å². The summed E-state index contributed by atoms with van der Waals surface area (Å²) in [7, 11) is 0. The Kier molecular flexibility index (Phi) is 8.90. The van der Waals surface area contributed by atoms with Gasteiger partial charge in [-0.3, -0.25) is 9.59 Å². The predicted molar refractivity (Wildman–Crippen MR) is 130 cm³/mol. The van der Waals surface area contributed by atoms with Crippen molar-refractivity contribution in [1.29, 1.82) is 0 Å². The zero-order valence-corrected chi connectivity index (χ0v) is 19.9. The van der Waals surface area contributed by atoms with Crippen LogP contribution in [0.2, 0.25) is 0 Å². The summed E-state index contributed by atoms with van der Waals surface area (Å²) in [6.45, 7) is 6.67. The van der Waals surface area contributed by atoms with Gasteiger partial charge in [-0.15, -0.1) is 0 Å². The third-order valence-corrected chi connectivity index (χ3v) is 6.75. The molecule has 0 bridgehead atoms. The van der Waals surface area contributed by atoms with Gasteiger partial charge >= 0.3 is 0 Å². The maximum atomic E-state index is 13.4. The van der Waals surface area contributed by atoms with Crippen LogP contribution in [0.25, 0.3) is 0 Å². The van der Waals surface area contributed by atoms with E-state index in [1.165, 1.54) is 18.4 Å².